The van der Waals surface area contributed by atoms with Crippen molar-refractivity contribution in [3.63, 3.8) is 0 Å². The van der Waals surface area contributed by atoms with Crippen LogP contribution in [0, 0.1) is 5.92 Å². The molecular weight excluding hydrogens is 394 g/mol. The molecule has 2 N–H and O–H groups in total. The molecule has 2 amide bonds. The van der Waals surface area contributed by atoms with Gasteiger partial charge in [0, 0.05) is 5.92 Å². The van der Waals surface area contributed by atoms with E-state index in [4.69, 9.17) is 16.6 Å². The molecule has 4 rings (SSSR count). The van der Waals surface area contributed by atoms with Gasteiger partial charge in [-0.3, -0.25) is 20.4 Å². The van der Waals surface area contributed by atoms with E-state index in [1.54, 1.807) is 35.6 Å². The molecule has 2 aromatic carbocycles. The summed E-state index contributed by atoms with van der Waals surface area (Å²) in [6, 6.07) is 14.7. The number of nitrogens with zero attached hydrogens (tertiary/aromatic N) is 1. The van der Waals surface area contributed by atoms with Gasteiger partial charge in [-0.25, -0.2) is 4.98 Å². The third-order valence-corrected chi connectivity index (χ3v) is 6.31. The minimum atomic E-state index is -0.443. The second-order valence-corrected chi connectivity index (χ2v) is 8.07. The molecule has 1 aliphatic rings. The molecule has 0 spiro atoms. The van der Waals surface area contributed by atoms with Gasteiger partial charge >= 0.3 is 0 Å². The molecule has 2 atom stereocenters. The van der Waals surface area contributed by atoms with Gasteiger partial charge in [-0.1, -0.05) is 48.0 Å². The van der Waals surface area contributed by atoms with Crippen molar-refractivity contribution in [3.8, 4) is 0 Å². The van der Waals surface area contributed by atoms with E-state index in [9.17, 15) is 9.59 Å². The van der Waals surface area contributed by atoms with Crippen LogP contribution in [0.4, 0.5) is 0 Å². The topological polar surface area (TPSA) is 71.1 Å². The number of benzene rings is 2. The van der Waals surface area contributed by atoms with Crippen LogP contribution in [0.15, 0.2) is 60.7 Å². The Morgan fingerprint density at radius 1 is 1.00 bits per heavy atom. The van der Waals surface area contributed by atoms with Crippen LogP contribution in [0.1, 0.15) is 34.1 Å². The lowest BCUT2D eigenvalue weighted by Crippen LogP contribution is -2.46. The molecule has 0 bridgehead atoms. The van der Waals surface area contributed by atoms with Crippen LogP contribution in [0.2, 0.25) is 5.02 Å². The van der Waals surface area contributed by atoms with Crippen LogP contribution in [-0.2, 0) is 4.79 Å². The monoisotopic (exact) mass is 411 g/mol. The molecule has 5 nitrogen and oxygen atoms in total. The second kappa shape index (κ2) is 8.12. The fourth-order valence-corrected chi connectivity index (χ4v) is 4.72. The highest BCUT2D eigenvalue weighted by molar-refractivity contribution is 7.18. The molecule has 1 aliphatic carbocycles. The molecule has 7 heteroatoms. The largest absolute Gasteiger partial charge is 0.273 e. The average Bonchev–Trinajstić information content (AvgIpc) is 3.16. The van der Waals surface area contributed by atoms with Crippen molar-refractivity contribution in [2.45, 2.75) is 18.8 Å². The number of nitrogens with one attached hydrogen (secondary N) is 2. The van der Waals surface area contributed by atoms with Gasteiger partial charge in [-0.2, -0.15) is 0 Å². The molecule has 0 unspecified atom stereocenters. The smallest absolute Gasteiger partial charge is 0.271 e. The second-order valence-electron chi connectivity index (χ2n) is 6.60. The summed E-state index contributed by atoms with van der Waals surface area (Å²) in [5, 5.41) is 1.28. The number of hydrogen-bond acceptors (Lipinski definition) is 4. The molecule has 0 saturated carbocycles. The summed E-state index contributed by atoms with van der Waals surface area (Å²) < 4.78 is 1.11. The lowest BCUT2D eigenvalue weighted by molar-refractivity contribution is -0.126. The number of aromatic nitrogens is 1. The van der Waals surface area contributed by atoms with Gasteiger partial charge in [0.2, 0.25) is 5.91 Å². The first-order chi connectivity index (χ1) is 13.6. The molecule has 1 heterocycles. The van der Waals surface area contributed by atoms with Gasteiger partial charge in [0.25, 0.3) is 5.91 Å². The number of carbonyl (C=O) groups is 2. The lowest BCUT2D eigenvalue weighted by Gasteiger charge is -2.26. The number of fused-ring (bicyclic) bond motifs is 1. The van der Waals surface area contributed by atoms with Crippen molar-refractivity contribution >= 4 is 45.0 Å². The van der Waals surface area contributed by atoms with Crippen molar-refractivity contribution in [1.82, 2.24) is 15.8 Å². The maximum Gasteiger partial charge on any atom is 0.271 e. The third kappa shape index (κ3) is 3.79. The molecule has 0 radical (unpaired) electrons. The SMILES string of the molecule is O=C(NNC(=O)[C@H]1CC=CC[C@@H]1c1nc2ccccc2s1)c1ccccc1Cl. The van der Waals surface area contributed by atoms with Gasteiger partial charge in [-0.15, -0.1) is 11.3 Å². The number of rotatable bonds is 3. The summed E-state index contributed by atoms with van der Waals surface area (Å²) in [5.41, 5.74) is 6.29. The van der Waals surface area contributed by atoms with Crippen molar-refractivity contribution in [2.75, 3.05) is 0 Å². The number of hydrogen-bond donors (Lipinski definition) is 2. The Bertz CT molecular complexity index is 1030. The van der Waals surface area contributed by atoms with Crippen LogP contribution >= 0.6 is 22.9 Å². The number of carbonyl (C=O) groups excluding carboxylic acids is 2. The predicted molar refractivity (Wildman–Crippen MR) is 111 cm³/mol. The zero-order chi connectivity index (χ0) is 19.5. The van der Waals surface area contributed by atoms with E-state index in [0.29, 0.717) is 17.0 Å². The number of allylic oxidation sites excluding steroid dienone is 2. The van der Waals surface area contributed by atoms with Crippen molar-refractivity contribution in [3.05, 3.63) is 76.3 Å². The Labute approximate surface area is 171 Å². The van der Waals surface area contributed by atoms with Gasteiger partial charge in [0.15, 0.2) is 0 Å². The summed E-state index contributed by atoms with van der Waals surface area (Å²) in [6.45, 7) is 0. The maximum absolute atomic E-state index is 12.8. The summed E-state index contributed by atoms with van der Waals surface area (Å²) in [5.74, 6) is -0.979. The molecule has 28 heavy (non-hydrogen) atoms. The summed E-state index contributed by atoms with van der Waals surface area (Å²) in [4.78, 5) is 29.8. The summed E-state index contributed by atoms with van der Waals surface area (Å²) in [7, 11) is 0. The van der Waals surface area contributed by atoms with E-state index in [-0.39, 0.29) is 17.7 Å². The minimum absolute atomic E-state index is 0.0142. The van der Waals surface area contributed by atoms with Crippen molar-refractivity contribution in [2.24, 2.45) is 5.92 Å². The van der Waals surface area contributed by atoms with E-state index in [2.05, 4.69) is 16.9 Å². The Morgan fingerprint density at radius 2 is 1.75 bits per heavy atom. The minimum Gasteiger partial charge on any atom is -0.273 e. The lowest BCUT2D eigenvalue weighted by atomic mass is 9.83. The standard InChI is InChI=1S/C21H18ClN3O2S/c22-16-10-4-3-9-15(16)20(27)25-24-19(26)13-7-1-2-8-14(13)21-23-17-11-5-6-12-18(17)28-21/h1-6,9-14H,7-8H2,(H,24,26)(H,25,27)/t13-,14-/m0/s1. The first-order valence-corrected chi connectivity index (χ1v) is 10.2. The number of amides is 2. The number of halogens is 1. The summed E-state index contributed by atoms with van der Waals surface area (Å²) >= 11 is 7.65. The zero-order valence-electron chi connectivity index (χ0n) is 14.9. The number of para-hydroxylation sites is 1. The first-order valence-electron chi connectivity index (χ1n) is 8.98. The van der Waals surface area contributed by atoms with Crippen molar-refractivity contribution in [1.29, 1.82) is 0 Å². The number of thiazole rings is 1. The average molecular weight is 412 g/mol. The third-order valence-electron chi connectivity index (χ3n) is 4.81. The fraction of sp³-hybridized carbons (Fsp3) is 0.190. The van der Waals surface area contributed by atoms with E-state index in [1.165, 1.54) is 0 Å². The Morgan fingerprint density at radius 3 is 2.57 bits per heavy atom. The highest BCUT2D eigenvalue weighted by Crippen LogP contribution is 2.38. The summed E-state index contributed by atoms with van der Waals surface area (Å²) in [6.07, 6.45) is 5.44. The van der Waals surface area contributed by atoms with Gasteiger partial charge in [0.1, 0.15) is 0 Å². The molecule has 3 aromatic rings. The van der Waals surface area contributed by atoms with Gasteiger partial charge < -0.3 is 0 Å². The van der Waals surface area contributed by atoms with Gasteiger partial charge in [-0.05, 0) is 37.1 Å². The normalized spacial score (nSPS) is 18.8. The van der Waals surface area contributed by atoms with Gasteiger partial charge in [0.05, 0.1) is 31.7 Å². The number of hydrazine groups is 1. The molecule has 0 fully saturated rings. The molecular formula is C21H18ClN3O2S. The van der Waals surface area contributed by atoms with Crippen LogP contribution in [0.3, 0.4) is 0 Å². The van der Waals surface area contributed by atoms with Crippen molar-refractivity contribution < 1.29 is 9.59 Å². The fourth-order valence-electron chi connectivity index (χ4n) is 3.35. The Hall–Kier alpha value is -2.70. The molecule has 142 valence electrons. The maximum atomic E-state index is 12.8. The van der Waals surface area contributed by atoms with E-state index in [0.717, 1.165) is 21.6 Å². The van der Waals surface area contributed by atoms with E-state index < -0.39 is 5.91 Å². The predicted octanol–water partition coefficient (Wildman–Crippen LogP) is 4.46. The molecule has 1 aromatic heterocycles. The van der Waals surface area contributed by atoms with Crippen LogP contribution < -0.4 is 10.9 Å². The Kier molecular flexibility index (Phi) is 5.41. The van der Waals surface area contributed by atoms with Crippen LogP contribution in [0.25, 0.3) is 10.2 Å². The molecule has 0 saturated heterocycles. The van der Waals surface area contributed by atoms with Crippen LogP contribution in [0.5, 0.6) is 0 Å². The van der Waals surface area contributed by atoms with E-state index >= 15 is 0 Å². The first kappa shape index (κ1) is 18.7. The zero-order valence-corrected chi connectivity index (χ0v) is 16.5. The highest BCUT2D eigenvalue weighted by Gasteiger charge is 2.32. The highest BCUT2D eigenvalue weighted by atomic mass is 35.5. The molecule has 0 aliphatic heterocycles. The van der Waals surface area contributed by atoms with Crippen LogP contribution in [-0.4, -0.2) is 16.8 Å². The quantitative estimate of drug-likeness (QED) is 0.493. The Balaban J connectivity index is 1.48. The van der Waals surface area contributed by atoms with E-state index in [1.807, 2.05) is 30.3 Å².